The molecule has 210 valence electrons. The summed E-state index contributed by atoms with van der Waals surface area (Å²) in [6.45, 7) is 2.47. The first-order valence-electron chi connectivity index (χ1n) is 13.4. The predicted molar refractivity (Wildman–Crippen MR) is 152 cm³/mol. The molecule has 0 spiro atoms. The van der Waals surface area contributed by atoms with Crippen LogP contribution in [0.2, 0.25) is 0 Å². The maximum atomic E-state index is 14.0. The van der Waals surface area contributed by atoms with Gasteiger partial charge in [-0.05, 0) is 74.6 Å². The minimum atomic E-state index is -0.553. The Labute approximate surface area is 232 Å². The number of halogens is 1. The van der Waals surface area contributed by atoms with Crippen LogP contribution in [-0.4, -0.2) is 58.1 Å². The van der Waals surface area contributed by atoms with Crippen LogP contribution in [0.1, 0.15) is 43.4 Å². The molecule has 2 unspecified atom stereocenters. The van der Waals surface area contributed by atoms with E-state index in [1.807, 2.05) is 30.3 Å². The molecule has 1 saturated heterocycles. The van der Waals surface area contributed by atoms with Crippen LogP contribution in [0.4, 0.5) is 16.0 Å². The normalized spacial score (nSPS) is 16.6. The van der Waals surface area contributed by atoms with Crippen molar-refractivity contribution in [1.82, 2.24) is 15.0 Å². The fourth-order valence-electron chi connectivity index (χ4n) is 5.44. The number of benzene rings is 2. The van der Waals surface area contributed by atoms with Gasteiger partial charge in [-0.2, -0.15) is 0 Å². The van der Waals surface area contributed by atoms with Crippen molar-refractivity contribution in [3.8, 4) is 17.2 Å². The van der Waals surface area contributed by atoms with E-state index in [2.05, 4.69) is 20.2 Å². The van der Waals surface area contributed by atoms with Crippen LogP contribution in [0, 0.1) is 5.82 Å². The van der Waals surface area contributed by atoms with Crippen molar-refractivity contribution in [1.29, 1.82) is 0 Å². The van der Waals surface area contributed by atoms with Gasteiger partial charge in [0, 0.05) is 24.2 Å². The van der Waals surface area contributed by atoms with Crippen molar-refractivity contribution >= 4 is 22.7 Å². The number of hydrogen-bond donors (Lipinski definition) is 3. The number of hydrogen-bond acceptors (Lipinski definition) is 9. The Hall–Kier alpha value is -4.18. The Balaban J connectivity index is 1.46. The fraction of sp³-hybridized carbons (Fsp3) is 0.367. The highest BCUT2D eigenvalue weighted by atomic mass is 19.1. The lowest BCUT2D eigenvalue weighted by Crippen LogP contribution is -2.28. The summed E-state index contributed by atoms with van der Waals surface area (Å²) in [5.41, 5.74) is 2.77. The highest BCUT2D eigenvalue weighted by Crippen LogP contribution is 2.40. The Kier molecular flexibility index (Phi) is 8.16. The molecule has 1 aliphatic heterocycles. The van der Waals surface area contributed by atoms with Crippen molar-refractivity contribution in [3.63, 3.8) is 0 Å². The molecule has 9 nitrogen and oxygen atoms in total. The molecule has 0 aliphatic carbocycles. The lowest BCUT2D eigenvalue weighted by molar-refractivity contribution is 0.177. The molecule has 0 amide bonds. The number of ether oxygens (including phenoxy) is 2. The summed E-state index contributed by atoms with van der Waals surface area (Å²) < 4.78 is 25.0. The second kappa shape index (κ2) is 11.9. The number of aromatic nitrogens is 3. The number of nitrogens with zero attached hydrogens (tertiary/aromatic N) is 4. The van der Waals surface area contributed by atoms with Gasteiger partial charge in [-0.25, -0.2) is 19.3 Å². The Morgan fingerprint density at radius 1 is 1.10 bits per heavy atom. The van der Waals surface area contributed by atoms with Gasteiger partial charge < -0.3 is 29.9 Å². The number of phenolic OH excluding ortho intramolecular Hbond substituents is 1. The van der Waals surface area contributed by atoms with Crippen LogP contribution >= 0.6 is 0 Å². The third kappa shape index (κ3) is 5.86. The molecular formula is C30H34FN5O4. The number of aromatic hydroxyl groups is 1. The second-order valence-corrected chi connectivity index (χ2v) is 10.1. The summed E-state index contributed by atoms with van der Waals surface area (Å²) in [7, 11) is 3.23. The SMILES string of the molecule is COc1ccc(C[C@H](CC(C)O)Nc2ncnc3ccc(N4CCCC4c4cc(F)ccc4O)nc23)c(OC)c1. The molecule has 3 heterocycles. The van der Waals surface area contributed by atoms with Crippen LogP contribution in [0.15, 0.2) is 54.9 Å². The number of pyridine rings is 1. The number of fused-ring (bicyclic) bond motifs is 1. The van der Waals surface area contributed by atoms with Crippen molar-refractivity contribution < 1.29 is 24.1 Å². The zero-order chi connectivity index (χ0) is 28.2. The molecule has 1 aliphatic rings. The molecule has 2 aromatic carbocycles. The maximum absolute atomic E-state index is 14.0. The van der Waals surface area contributed by atoms with Gasteiger partial charge in [0.2, 0.25) is 0 Å². The minimum absolute atomic E-state index is 0.0692. The molecule has 3 N–H and O–H groups in total. The average molecular weight is 548 g/mol. The number of rotatable bonds is 10. The molecule has 40 heavy (non-hydrogen) atoms. The van der Waals surface area contributed by atoms with E-state index >= 15 is 0 Å². The lowest BCUT2D eigenvalue weighted by atomic mass is 10.00. The van der Waals surface area contributed by atoms with Gasteiger partial charge in [-0.15, -0.1) is 0 Å². The van der Waals surface area contributed by atoms with Gasteiger partial charge in [0.05, 0.1) is 31.9 Å². The van der Waals surface area contributed by atoms with Gasteiger partial charge in [0.25, 0.3) is 0 Å². The van der Waals surface area contributed by atoms with Gasteiger partial charge >= 0.3 is 0 Å². The predicted octanol–water partition coefficient (Wildman–Crippen LogP) is 5.02. The topological polar surface area (TPSA) is 113 Å². The lowest BCUT2D eigenvalue weighted by Gasteiger charge is -2.27. The zero-order valence-corrected chi connectivity index (χ0v) is 22.8. The highest BCUT2D eigenvalue weighted by Gasteiger charge is 2.30. The van der Waals surface area contributed by atoms with Crippen LogP contribution in [0.3, 0.4) is 0 Å². The summed E-state index contributed by atoms with van der Waals surface area (Å²) >= 11 is 0. The number of aliphatic hydroxyl groups is 1. The molecule has 10 heteroatoms. The van der Waals surface area contributed by atoms with Crippen LogP contribution in [0.25, 0.3) is 11.0 Å². The molecule has 2 aromatic heterocycles. The quantitative estimate of drug-likeness (QED) is 0.252. The molecule has 4 aromatic rings. The average Bonchev–Trinajstić information content (AvgIpc) is 3.44. The van der Waals surface area contributed by atoms with Crippen LogP contribution in [0.5, 0.6) is 17.2 Å². The van der Waals surface area contributed by atoms with E-state index in [1.54, 1.807) is 21.1 Å². The van der Waals surface area contributed by atoms with Gasteiger partial charge in [0.1, 0.15) is 40.7 Å². The summed E-state index contributed by atoms with van der Waals surface area (Å²) in [6.07, 6.45) is 3.62. The van der Waals surface area contributed by atoms with E-state index < -0.39 is 6.10 Å². The number of anilines is 2. The zero-order valence-electron chi connectivity index (χ0n) is 22.8. The fourth-order valence-corrected chi connectivity index (χ4v) is 5.44. The summed E-state index contributed by atoms with van der Waals surface area (Å²) in [5, 5.41) is 24.2. The minimum Gasteiger partial charge on any atom is -0.508 e. The molecule has 3 atom stereocenters. The van der Waals surface area contributed by atoms with E-state index in [0.717, 1.165) is 24.9 Å². The Bertz CT molecular complexity index is 1480. The van der Waals surface area contributed by atoms with Crippen LogP contribution < -0.4 is 19.7 Å². The van der Waals surface area contributed by atoms with Gasteiger partial charge in [-0.3, -0.25) is 0 Å². The standard InChI is InChI=1S/C30H34FN5O4/c1-18(37)13-21(14-19-6-8-22(39-2)16-27(19)40-3)34-30-29-24(32-17-33-30)9-11-28(35-29)36-12-4-5-25(36)23-15-20(31)7-10-26(23)38/h6-11,15-18,21,25,37-38H,4-5,12-14H2,1-3H3,(H,32,33,34)/t18?,21-,25?/m0/s1. The van der Waals surface area contributed by atoms with Crippen molar-refractivity contribution in [2.45, 2.75) is 50.8 Å². The van der Waals surface area contributed by atoms with Crippen molar-refractivity contribution in [2.24, 2.45) is 0 Å². The maximum Gasteiger partial charge on any atom is 0.156 e. The molecule has 0 radical (unpaired) electrons. The van der Waals surface area contributed by atoms with E-state index in [4.69, 9.17) is 14.5 Å². The summed E-state index contributed by atoms with van der Waals surface area (Å²) in [5.74, 6) is 2.33. The molecule has 5 rings (SSSR count). The van der Waals surface area contributed by atoms with E-state index in [9.17, 15) is 14.6 Å². The van der Waals surface area contributed by atoms with E-state index in [-0.39, 0.29) is 23.7 Å². The van der Waals surface area contributed by atoms with E-state index in [0.29, 0.717) is 52.6 Å². The first-order chi connectivity index (χ1) is 19.4. The monoisotopic (exact) mass is 547 g/mol. The third-order valence-corrected chi connectivity index (χ3v) is 7.29. The summed E-state index contributed by atoms with van der Waals surface area (Å²) in [4.78, 5) is 15.9. The Morgan fingerprint density at radius 3 is 2.73 bits per heavy atom. The largest absolute Gasteiger partial charge is 0.508 e. The van der Waals surface area contributed by atoms with Crippen molar-refractivity contribution in [2.75, 3.05) is 31.0 Å². The first kappa shape index (κ1) is 27.4. The highest BCUT2D eigenvalue weighted by molar-refractivity contribution is 5.86. The number of aliphatic hydroxyl groups excluding tert-OH is 1. The number of nitrogens with one attached hydrogen (secondary N) is 1. The smallest absolute Gasteiger partial charge is 0.156 e. The Morgan fingerprint density at radius 2 is 1.95 bits per heavy atom. The summed E-state index contributed by atoms with van der Waals surface area (Å²) in [6, 6.07) is 13.1. The molecule has 0 bridgehead atoms. The third-order valence-electron chi connectivity index (χ3n) is 7.29. The molecule has 0 saturated carbocycles. The molecular weight excluding hydrogens is 513 g/mol. The number of methoxy groups -OCH3 is 2. The van der Waals surface area contributed by atoms with Crippen molar-refractivity contribution in [3.05, 3.63) is 71.8 Å². The van der Waals surface area contributed by atoms with Crippen LogP contribution in [-0.2, 0) is 6.42 Å². The first-order valence-corrected chi connectivity index (χ1v) is 13.4. The second-order valence-electron chi connectivity index (χ2n) is 10.1. The van der Waals surface area contributed by atoms with E-state index in [1.165, 1.54) is 24.5 Å². The van der Waals surface area contributed by atoms with Gasteiger partial charge in [0.15, 0.2) is 5.82 Å². The number of phenols is 1. The molecule has 1 fully saturated rings. The van der Waals surface area contributed by atoms with Gasteiger partial charge in [-0.1, -0.05) is 6.07 Å².